The van der Waals surface area contributed by atoms with E-state index in [2.05, 4.69) is 0 Å². The van der Waals surface area contributed by atoms with Crippen LogP contribution in [0.25, 0.3) is 0 Å². The number of nitrogens with zero attached hydrogens (tertiary/aromatic N) is 2. The fraction of sp³-hybridized carbons (Fsp3) is 0.588. The molecular weight excluding hydrogens is 296 g/mol. The molecule has 1 saturated heterocycles. The Morgan fingerprint density at radius 3 is 2.61 bits per heavy atom. The molecule has 0 bridgehead atoms. The van der Waals surface area contributed by atoms with Gasteiger partial charge in [0.2, 0.25) is 11.9 Å². The van der Waals surface area contributed by atoms with Crippen LogP contribution in [0.4, 0.5) is 0 Å². The fourth-order valence-corrected chi connectivity index (χ4v) is 3.44. The molecule has 1 amide bonds. The molecule has 1 aromatic carbocycles. The molecule has 2 aliphatic rings. The highest BCUT2D eigenvalue weighted by Gasteiger charge is 2.55. The highest BCUT2D eigenvalue weighted by atomic mass is 16.6. The van der Waals surface area contributed by atoms with Crippen LogP contribution in [0, 0.1) is 16.0 Å². The lowest BCUT2D eigenvalue weighted by Gasteiger charge is -2.30. The van der Waals surface area contributed by atoms with Gasteiger partial charge in [-0.3, -0.25) is 14.9 Å². The second-order valence-electron chi connectivity index (χ2n) is 6.36. The van der Waals surface area contributed by atoms with E-state index in [0.29, 0.717) is 13.0 Å². The largest absolute Gasteiger partial charge is 0.497 e. The normalized spacial score (nSPS) is 27.2. The number of amides is 1. The van der Waals surface area contributed by atoms with Crippen molar-refractivity contribution < 1.29 is 14.5 Å². The molecule has 3 atom stereocenters. The second-order valence-corrected chi connectivity index (χ2v) is 6.36. The van der Waals surface area contributed by atoms with E-state index in [1.165, 1.54) is 0 Å². The first kappa shape index (κ1) is 15.8. The van der Waals surface area contributed by atoms with Gasteiger partial charge in [0, 0.05) is 17.9 Å². The molecule has 124 valence electrons. The monoisotopic (exact) mass is 318 g/mol. The Morgan fingerprint density at radius 2 is 2.00 bits per heavy atom. The van der Waals surface area contributed by atoms with Crippen molar-refractivity contribution in [2.45, 2.75) is 44.2 Å². The first-order valence-electron chi connectivity index (χ1n) is 8.19. The molecule has 0 aromatic heterocycles. The van der Waals surface area contributed by atoms with Crippen LogP contribution in [0.5, 0.6) is 5.75 Å². The average Bonchev–Trinajstić information content (AvgIpc) is 3.37. The van der Waals surface area contributed by atoms with E-state index in [0.717, 1.165) is 37.0 Å². The molecule has 0 spiro atoms. The highest BCUT2D eigenvalue weighted by molar-refractivity contribution is 5.82. The number of rotatable bonds is 4. The van der Waals surface area contributed by atoms with E-state index in [4.69, 9.17) is 4.74 Å². The van der Waals surface area contributed by atoms with Crippen LogP contribution in [-0.4, -0.2) is 35.4 Å². The van der Waals surface area contributed by atoms with E-state index in [9.17, 15) is 14.9 Å². The van der Waals surface area contributed by atoms with Crippen LogP contribution in [-0.2, 0) is 4.79 Å². The maximum Gasteiger partial charge on any atom is 0.233 e. The van der Waals surface area contributed by atoms with Crippen molar-refractivity contribution in [1.29, 1.82) is 0 Å². The zero-order valence-corrected chi connectivity index (χ0v) is 13.3. The van der Waals surface area contributed by atoms with Crippen molar-refractivity contribution in [3.8, 4) is 5.75 Å². The fourth-order valence-electron chi connectivity index (χ4n) is 3.44. The van der Waals surface area contributed by atoms with Gasteiger partial charge in [-0.05, 0) is 30.5 Å². The molecule has 0 unspecified atom stereocenters. The Balaban J connectivity index is 1.79. The summed E-state index contributed by atoms with van der Waals surface area (Å²) in [7, 11) is 1.63. The zero-order chi connectivity index (χ0) is 16.4. The maximum atomic E-state index is 12.7. The molecule has 1 aliphatic heterocycles. The molecule has 0 N–H and O–H groups in total. The van der Waals surface area contributed by atoms with Crippen molar-refractivity contribution in [1.82, 2.24) is 4.90 Å². The van der Waals surface area contributed by atoms with Gasteiger partial charge in [-0.1, -0.05) is 25.0 Å². The number of hydrogen-bond acceptors (Lipinski definition) is 4. The zero-order valence-electron chi connectivity index (χ0n) is 13.3. The third-order valence-corrected chi connectivity index (χ3v) is 4.88. The molecule has 0 radical (unpaired) electrons. The van der Waals surface area contributed by atoms with Crippen molar-refractivity contribution in [3.05, 3.63) is 39.9 Å². The number of benzene rings is 1. The number of likely N-dealkylation sites (tertiary alicyclic amines) is 1. The lowest BCUT2D eigenvalue weighted by atomic mass is 10.00. The van der Waals surface area contributed by atoms with Crippen molar-refractivity contribution in [2.75, 3.05) is 13.7 Å². The molecule has 1 saturated carbocycles. The first-order valence-corrected chi connectivity index (χ1v) is 8.19. The molecule has 6 heteroatoms. The van der Waals surface area contributed by atoms with Crippen LogP contribution in [0.15, 0.2) is 24.3 Å². The minimum absolute atomic E-state index is 0.0175. The van der Waals surface area contributed by atoms with Gasteiger partial charge in [-0.15, -0.1) is 0 Å². The van der Waals surface area contributed by atoms with Crippen LogP contribution < -0.4 is 4.74 Å². The molecule has 1 aliphatic carbocycles. The van der Waals surface area contributed by atoms with E-state index in [-0.39, 0.29) is 16.9 Å². The number of carbonyl (C=O) groups excluding carboxylic acids is 1. The molecular formula is C17H22N2O4. The summed E-state index contributed by atoms with van der Waals surface area (Å²) < 4.78 is 5.19. The standard InChI is InChI=1S/C17H22N2O4/c1-23-13-8-6-12(7-9-13)15-5-3-2-4-10-18(15)17(20)14-11-16(14)19(21)22/h6-9,14-16H,2-5,10-11H2,1H3/t14-,15+,16+/m1/s1. The summed E-state index contributed by atoms with van der Waals surface area (Å²) in [5, 5.41) is 10.9. The minimum Gasteiger partial charge on any atom is -0.497 e. The molecule has 23 heavy (non-hydrogen) atoms. The van der Waals surface area contributed by atoms with Crippen molar-refractivity contribution in [3.63, 3.8) is 0 Å². The van der Waals surface area contributed by atoms with Crippen molar-refractivity contribution in [2.24, 2.45) is 5.92 Å². The summed E-state index contributed by atoms with van der Waals surface area (Å²) in [5.41, 5.74) is 1.08. The van der Waals surface area contributed by atoms with Crippen LogP contribution >= 0.6 is 0 Å². The van der Waals surface area contributed by atoms with Gasteiger partial charge in [-0.2, -0.15) is 0 Å². The lowest BCUT2D eigenvalue weighted by molar-refractivity contribution is -0.497. The van der Waals surface area contributed by atoms with Crippen LogP contribution in [0.1, 0.15) is 43.7 Å². The van der Waals surface area contributed by atoms with E-state index in [1.54, 1.807) is 7.11 Å². The number of carbonyl (C=O) groups is 1. The number of ether oxygens (including phenoxy) is 1. The summed E-state index contributed by atoms with van der Waals surface area (Å²) >= 11 is 0. The summed E-state index contributed by atoms with van der Waals surface area (Å²) in [5.74, 6) is 0.314. The average molecular weight is 318 g/mol. The summed E-state index contributed by atoms with van der Waals surface area (Å²) in [4.78, 5) is 25.2. The number of methoxy groups -OCH3 is 1. The summed E-state index contributed by atoms with van der Waals surface area (Å²) in [6.07, 6.45) is 4.43. The SMILES string of the molecule is COc1ccc([C@@H]2CCCCCN2C(=O)[C@@H]2C[C@@H]2[N+](=O)[O-])cc1. The Bertz CT molecular complexity index is 587. The van der Waals surface area contributed by atoms with E-state index in [1.807, 2.05) is 29.2 Å². The second kappa shape index (κ2) is 6.56. The van der Waals surface area contributed by atoms with Gasteiger partial charge >= 0.3 is 0 Å². The quantitative estimate of drug-likeness (QED) is 0.632. The van der Waals surface area contributed by atoms with Gasteiger partial charge < -0.3 is 9.64 Å². The third kappa shape index (κ3) is 3.30. The number of hydrogen-bond donors (Lipinski definition) is 0. The Kier molecular flexibility index (Phi) is 4.50. The Morgan fingerprint density at radius 1 is 1.26 bits per heavy atom. The molecule has 1 aromatic rings. The topological polar surface area (TPSA) is 72.7 Å². The molecule has 3 rings (SSSR count). The Hall–Kier alpha value is -2.11. The lowest BCUT2D eigenvalue weighted by Crippen LogP contribution is -2.37. The predicted octanol–water partition coefficient (Wildman–Crippen LogP) is 2.80. The van der Waals surface area contributed by atoms with Crippen LogP contribution in [0.2, 0.25) is 0 Å². The van der Waals surface area contributed by atoms with Gasteiger partial charge in [0.05, 0.1) is 13.2 Å². The molecule has 2 fully saturated rings. The van der Waals surface area contributed by atoms with E-state index < -0.39 is 12.0 Å². The van der Waals surface area contributed by atoms with Gasteiger partial charge in [-0.25, -0.2) is 0 Å². The Labute approximate surface area is 135 Å². The van der Waals surface area contributed by atoms with Crippen molar-refractivity contribution >= 4 is 5.91 Å². The third-order valence-electron chi connectivity index (χ3n) is 4.88. The number of nitro groups is 1. The maximum absolute atomic E-state index is 12.7. The highest BCUT2D eigenvalue weighted by Crippen LogP contribution is 2.39. The van der Waals surface area contributed by atoms with Crippen LogP contribution in [0.3, 0.4) is 0 Å². The molecule has 6 nitrogen and oxygen atoms in total. The van der Waals surface area contributed by atoms with Gasteiger partial charge in [0.25, 0.3) is 0 Å². The van der Waals surface area contributed by atoms with Gasteiger partial charge in [0.1, 0.15) is 11.7 Å². The predicted molar refractivity (Wildman–Crippen MR) is 84.8 cm³/mol. The first-order chi connectivity index (χ1) is 11.1. The summed E-state index contributed by atoms with van der Waals surface area (Å²) in [6.45, 7) is 0.691. The minimum atomic E-state index is -0.678. The van der Waals surface area contributed by atoms with E-state index >= 15 is 0 Å². The smallest absolute Gasteiger partial charge is 0.233 e. The summed E-state index contributed by atoms with van der Waals surface area (Å²) in [6, 6.07) is 7.13. The van der Waals surface area contributed by atoms with Gasteiger partial charge in [0.15, 0.2) is 0 Å². The molecule has 1 heterocycles.